The number of amides is 2. The van der Waals surface area contributed by atoms with Gasteiger partial charge in [0.2, 0.25) is 0 Å². The van der Waals surface area contributed by atoms with E-state index in [-0.39, 0.29) is 6.61 Å². The predicted molar refractivity (Wildman–Crippen MR) is 124 cm³/mol. The third-order valence-corrected chi connectivity index (χ3v) is 5.42. The van der Waals surface area contributed by atoms with Crippen molar-refractivity contribution in [1.82, 2.24) is 0 Å². The van der Waals surface area contributed by atoms with Crippen LogP contribution in [0, 0.1) is 0 Å². The number of hydrogen-bond donors (Lipinski definition) is 0. The highest BCUT2D eigenvalue weighted by Gasteiger charge is 2.35. The molecule has 0 saturated carbocycles. The van der Waals surface area contributed by atoms with Crippen molar-refractivity contribution in [2.75, 3.05) is 11.5 Å². The van der Waals surface area contributed by atoms with E-state index in [0.717, 1.165) is 16.9 Å². The first-order chi connectivity index (χ1) is 15.5. The number of carbonyl (C=O) groups excluding carboxylic acids is 3. The van der Waals surface area contributed by atoms with Gasteiger partial charge in [0.05, 0.1) is 17.9 Å². The lowest BCUT2D eigenvalue weighted by Crippen LogP contribution is -2.41. The van der Waals surface area contributed by atoms with E-state index in [1.165, 1.54) is 5.56 Å². The van der Waals surface area contributed by atoms with E-state index in [9.17, 15) is 14.4 Å². The van der Waals surface area contributed by atoms with E-state index in [1.807, 2.05) is 36.4 Å². The SMILES string of the molecule is CCOC(=O)c1ccc(N2C(=O)/C(=C/c3ccc(CC)cc3)c3ccccc3C2=O)cc1. The maximum Gasteiger partial charge on any atom is 0.338 e. The molecule has 0 N–H and O–H groups in total. The highest BCUT2D eigenvalue weighted by atomic mass is 16.5. The molecule has 160 valence electrons. The number of nitrogens with zero attached hydrogens (tertiary/aromatic N) is 1. The highest BCUT2D eigenvalue weighted by molar-refractivity contribution is 6.43. The van der Waals surface area contributed by atoms with Gasteiger partial charge in [0, 0.05) is 11.1 Å². The predicted octanol–water partition coefficient (Wildman–Crippen LogP) is 5.15. The molecule has 0 aromatic heterocycles. The zero-order valence-electron chi connectivity index (χ0n) is 18.0. The largest absolute Gasteiger partial charge is 0.462 e. The first-order valence-corrected chi connectivity index (χ1v) is 10.6. The third kappa shape index (κ3) is 3.97. The lowest BCUT2D eigenvalue weighted by atomic mass is 9.91. The Kier molecular flexibility index (Phi) is 5.99. The molecule has 5 heteroatoms. The second kappa shape index (κ2) is 9.02. The summed E-state index contributed by atoms with van der Waals surface area (Å²) >= 11 is 0. The van der Waals surface area contributed by atoms with Crippen LogP contribution in [0.25, 0.3) is 11.6 Å². The van der Waals surface area contributed by atoms with Crippen molar-refractivity contribution in [3.8, 4) is 0 Å². The molecule has 2 amide bonds. The lowest BCUT2D eigenvalue weighted by molar-refractivity contribution is -0.112. The third-order valence-electron chi connectivity index (χ3n) is 5.42. The zero-order valence-corrected chi connectivity index (χ0v) is 18.0. The number of fused-ring (bicyclic) bond motifs is 1. The van der Waals surface area contributed by atoms with Gasteiger partial charge in [-0.1, -0.05) is 49.4 Å². The number of anilines is 1. The molecule has 32 heavy (non-hydrogen) atoms. The molecule has 0 unspecified atom stereocenters. The van der Waals surface area contributed by atoms with Crippen molar-refractivity contribution in [2.45, 2.75) is 20.3 Å². The fourth-order valence-corrected chi connectivity index (χ4v) is 3.70. The van der Waals surface area contributed by atoms with Crippen molar-refractivity contribution in [1.29, 1.82) is 0 Å². The van der Waals surface area contributed by atoms with Crippen LogP contribution >= 0.6 is 0 Å². The molecule has 1 aliphatic heterocycles. The molecule has 3 aromatic rings. The number of rotatable bonds is 5. The van der Waals surface area contributed by atoms with Gasteiger partial charge in [-0.2, -0.15) is 0 Å². The normalized spacial score (nSPS) is 14.4. The van der Waals surface area contributed by atoms with Crippen LogP contribution in [0.5, 0.6) is 0 Å². The molecule has 0 radical (unpaired) electrons. The fraction of sp³-hybridized carbons (Fsp3) is 0.148. The average Bonchev–Trinajstić information content (AvgIpc) is 2.83. The molecule has 0 atom stereocenters. The standard InChI is InChI=1S/C27H23NO4/c1-3-18-9-11-19(12-10-18)17-24-22-7-5-6-8-23(22)25(29)28(26(24)30)21-15-13-20(14-16-21)27(31)32-4-2/h5-17H,3-4H2,1-2H3/b24-17+. The Balaban J connectivity index is 1.76. The number of imide groups is 1. The minimum Gasteiger partial charge on any atom is -0.462 e. The molecule has 0 fully saturated rings. The van der Waals surface area contributed by atoms with Gasteiger partial charge in [-0.25, -0.2) is 9.69 Å². The monoisotopic (exact) mass is 425 g/mol. The van der Waals surface area contributed by atoms with Crippen molar-refractivity contribution in [3.63, 3.8) is 0 Å². The molecule has 0 spiro atoms. The van der Waals surface area contributed by atoms with E-state index in [4.69, 9.17) is 4.74 Å². The van der Waals surface area contributed by atoms with Crippen LogP contribution in [-0.4, -0.2) is 24.4 Å². The van der Waals surface area contributed by atoms with E-state index in [1.54, 1.807) is 49.4 Å². The molecule has 0 bridgehead atoms. The van der Waals surface area contributed by atoms with Crippen LogP contribution < -0.4 is 4.90 Å². The Morgan fingerprint density at radius 3 is 2.12 bits per heavy atom. The van der Waals surface area contributed by atoms with Crippen LogP contribution in [0.15, 0.2) is 72.8 Å². The van der Waals surface area contributed by atoms with Crippen LogP contribution in [0.2, 0.25) is 0 Å². The Labute approximate surface area is 186 Å². The Hall–Kier alpha value is -3.99. The van der Waals surface area contributed by atoms with Gasteiger partial charge in [-0.3, -0.25) is 9.59 Å². The van der Waals surface area contributed by atoms with Crippen LogP contribution in [0.3, 0.4) is 0 Å². The summed E-state index contributed by atoms with van der Waals surface area (Å²) < 4.78 is 5.01. The van der Waals surface area contributed by atoms with Crippen molar-refractivity contribution in [2.24, 2.45) is 0 Å². The van der Waals surface area contributed by atoms with Gasteiger partial charge < -0.3 is 4.74 Å². The smallest absolute Gasteiger partial charge is 0.338 e. The summed E-state index contributed by atoms with van der Waals surface area (Å²) in [5, 5.41) is 0. The number of benzene rings is 3. The maximum atomic E-state index is 13.5. The highest BCUT2D eigenvalue weighted by Crippen LogP contribution is 2.33. The number of esters is 1. The second-order valence-electron chi connectivity index (χ2n) is 7.41. The fourth-order valence-electron chi connectivity index (χ4n) is 3.70. The maximum absolute atomic E-state index is 13.5. The Morgan fingerprint density at radius 2 is 1.50 bits per heavy atom. The number of hydrogen-bond acceptors (Lipinski definition) is 4. The quantitative estimate of drug-likeness (QED) is 0.322. The second-order valence-corrected chi connectivity index (χ2v) is 7.41. The Morgan fingerprint density at radius 1 is 0.844 bits per heavy atom. The molecule has 0 saturated heterocycles. The topological polar surface area (TPSA) is 63.7 Å². The zero-order chi connectivity index (χ0) is 22.7. The van der Waals surface area contributed by atoms with E-state index in [2.05, 4.69) is 6.92 Å². The first-order valence-electron chi connectivity index (χ1n) is 10.6. The summed E-state index contributed by atoms with van der Waals surface area (Å²) in [6, 6.07) is 21.4. The Bertz CT molecular complexity index is 1210. The number of carbonyl (C=O) groups is 3. The number of aryl methyl sites for hydroxylation is 1. The summed E-state index contributed by atoms with van der Waals surface area (Å²) in [4.78, 5) is 39.8. The van der Waals surface area contributed by atoms with Gasteiger partial charge in [0.1, 0.15) is 0 Å². The van der Waals surface area contributed by atoms with E-state index in [0.29, 0.717) is 28.0 Å². The van der Waals surface area contributed by atoms with Gasteiger partial charge >= 0.3 is 5.97 Å². The van der Waals surface area contributed by atoms with Gasteiger partial charge in [-0.05, 0) is 66.4 Å². The summed E-state index contributed by atoms with van der Waals surface area (Å²) in [5.41, 5.74) is 4.36. The lowest BCUT2D eigenvalue weighted by Gasteiger charge is -2.28. The molecule has 0 aliphatic carbocycles. The minimum atomic E-state index is -0.447. The molecule has 5 nitrogen and oxygen atoms in total. The molecular formula is C27H23NO4. The van der Waals surface area contributed by atoms with Gasteiger partial charge in [0.25, 0.3) is 11.8 Å². The van der Waals surface area contributed by atoms with Crippen molar-refractivity contribution in [3.05, 3.63) is 101 Å². The molecule has 4 rings (SSSR count). The summed E-state index contributed by atoms with van der Waals surface area (Å²) in [7, 11) is 0. The summed E-state index contributed by atoms with van der Waals surface area (Å²) in [5.74, 6) is -1.25. The molecule has 3 aromatic carbocycles. The molecule has 1 aliphatic rings. The van der Waals surface area contributed by atoms with Gasteiger partial charge in [0.15, 0.2) is 0 Å². The van der Waals surface area contributed by atoms with Gasteiger partial charge in [-0.15, -0.1) is 0 Å². The minimum absolute atomic E-state index is 0.272. The average molecular weight is 425 g/mol. The molecule has 1 heterocycles. The summed E-state index contributed by atoms with van der Waals surface area (Å²) in [6.07, 6.45) is 2.75. The van der Waals surface area contributed by atoms with Crippen LogP contribution in [-0.2, 0) is 16.0 Å². The molecular weight excluding hydrogens is 402 g/mol. The summed E-state index contributed by atoms with van der Waals surface area (Å²) in [6.45, 7) is 4.09. The van der Waals surface area contributed by atoms with Crippen molar-refractivity contribution >= 4 is 35.1 Å². The van der Waals surface area contributed by atoms with E-state index < -0.39 is 17.8 Å². The number of ether oxygens (including phenoxy) is 1. The first kappa shape index (κ1) is 21.2. The van der Waals surface area contributed by atoms with Crippen molar-refractivity contribution < 1.29 is 19.1 Å². The van der Waals surface area contributed by atoms with E-state index >= 15 is 0 Å². The van der Waals surface area contributed by atoms with Crippen LogP contribution in [0.1, 0.15) is 51.3 Å². The van der Waals surface area contributed by atoms with Crippen LogP contribution in [0.4, 0.5) is 5.69 Å².